The average Bonchev–Trinajstić information content (AvgIpc) is 2.63. The van der Waals surface area contributed by atoms with Crippen LogP contribution in [0.25, 0.3) is 0 Å². The highest BCUT2D eigenvalue weighted by Gasteiger charge is 2.12. The maximum atomic E-state index is 13.8. The van der Waals surface area contributed by atoms with Gasteiger partial charge in [0.1, 0.15) is 23.1 Å². The third kappa shape index (κ3) is 4.30. The van der Waals surface area contributed by atoms with E-state index in [4.69, 9.17) is 0 Å². The minimum Gasteiger partial charge on any atom is -0.359 e. The van der Waals surface area contributed by atoms with Gasteiger partial charge in [-0.05, 0) is 43.2 Å². The zero-order chi connectivity index (χ0) is 18.5. The van der Waals surface area contributed by atoms with Crippen molar-refractivity contribution in [3.63, 3.8) is 0 Å². The van der Waals surface area contributed by atoms with Crippen LogP contribution in [-0.2, 0) is 6.42 Å². The first-order chi connectivity index (χ1) is 12.5. The Hall–Kier alpha value is -3.09. The molecule has 3 rings (SSSR count). The predicted octanol–water partition coefficient (Wildman–Crippen LogP) is 3.88. The summed E-state index contributed by atoms with van der Waals surface area (Å²) in [6, 6.07) is 9.44. The highest BCUT2D eigenvalue weighted by Crippen LogP contribution is 2.23. The van der Waals surface area contributed by atoms with Crippen molar-refractivity contribution in [2.45, 2.75) is 13.3 Å². The number of hydrogen-bond acceptors (Lipinski definition) is 5. The van der Waals surface area contributed by atoms with E-state index in [1.807, 2.05) is 37.1 Å². The van der Waals surface area contributed by atoms with Crippen LogP contribution >= 0.6 is 0 Å². The summed E-state index contributed by atoms with van der Waals surface area (Å²) < 4.78 is 27.7. The summed E-state index contributed by atoms with van der Waals surface area (Å²) in [4.78, 5) is 14.6. The second-order valence-corrected chi connectivity index (χ2v) is 5.94. The van der Waals surface area contributed by atoms with Crippen LogP contribution in [-0.4, -0.2) is 28.5 Å². The molecule has 134 valence electrons. The van der Waals surface area contributed by atoms with E-state index in [1.54, 1.807) is 12.4 Å². The lowest BCUT2D eigenvalue weighted by Crippen LogP contribution is -2.22. The topological polar surface area (TPSA) is 53.9 Å². The maximum Gasteiger partial charge on any atom is 0.229 e. The molecular formula is C19H19F2N5. The van der Waals surface area contributed by atoms with E-state index in [9.17, 15) is 8.78 Å². The monoisotopic (exact) mass is 355 g/mol. The molecule has 0 radical (unpaired) electrons. The van der Waals surface area contributed by atoms with Crippen LogP contribution < -0.4 is 10.2 Å². The fourth-order valence-electron chi connectivity index (χ4n) is 2.49. The van der Waals surface area contributed by atoms with Crippen LogP contribution in [0, 0.1) is 18.6 Å². The molecule has 5 nitrogen and oxygen atoms in total. The highest BCUT2D eigenvalue weighted by atomic mass is 19.1. The lowest BCUT2D eigenvalue weighted by atomic mass is 10.2. The number of aryl methyl sites for hydroxylation is 1. The van der Waals surface area contributed by atoms with E-state index in [2.05, 4.69) is 20.3 Å². The van der Waals surface area contributed by atoms with Gasteiger partial charge in [-0.2, -0.15) is 4.98 Å². The number of aromatic nitrogens is 3. The van der Waals surface area contributed by atoms with Crippen molar-refractivity contribution in [2.75, 3.05) is 23.8 Å². The Morgan fingerprint density at radius 2 is 1.73 bits per heavy atom. The third-order valence-electron chi connectivity index (χ3n) is 3.92. The number of likely N-dealkylation sites (N-methyl/N-ethyl adjacent to an activating group) is 1. The van der Waals surface area contributed by atoms with Crippen molar-refractivity contribution in [3.05, 3.63) is 71.7 Å². The second-order valence-electron chi connectivity index (χ2n) is 5.94. The van der Waals surface area contributed by atoms with Gasteiger partial charge in [-0.3, -0.25) is 4.98 Å². The fourth-order valence-corrected chi connectivity index (χ4v) is 2.49. The Morgan fingerprint density at radius 1 is 1.04 bits per heavy atom. The molecule has 0 spiro atoms. The number of nitrogens with one attached hydrogen (secondary N) is 1. The van der Waals surface area contributed by atoms with Crippen LogP contribution in [0.3, 0.4) is 0 Å². The number of hydrogen-bond donors (Lipinski definition) is 1. The number of benzene rings is 1. The molecule has 0 aliphatic rings. The number of para-hydroxylation sites is 1. The van der Waals surface area contributed by atoms with E-state index >= 15 is 0 Å². The summed E-state index contributed by atoms with van der Waals surface area (Å²) in [5, 5.41) is 2.64. The molecule has 0 amide bonds. The molecule has 0 aliphatic heterocycles. The molecule has 1 aromatic carbocycles. The second kappa shape index (κ2) is 7.86. The first-order valence-electron chi connectivity index (χ1n) is 8.19. The lowest BCUT2D eigenvalue weighted by molar-refractivity contribution is 0.590. The summed E-state index contributed by atoms with van der Waals surface area (Å²) >= 11 is 0. The number of halogens is 2. The van der Waals surface area contributed by atoms with Crippen LogP contribution in [0.2, 0.25) is 0 Å². The number of pyridine rings is 1. The number of rotatable bonds is 6. The van der Waals surface area contributed by atoms with E-state index in [0.29, 0.717) is 11.5 Å². The van der Waals surface area contributed by atoms with Gasteiger partial charge in [0.05, 0.1) is 0 Å². The van der Waals surface area contributed by atoms with E-state index in [1.165, 1.54) is 23.8 Å². The van der Waals surface area contributed by atoms with Gasteiger partial charge in [-0.1, -0.05) is 6.07 Å². The van der Waals surface area contributed by atoms with Gasteiger partial charge < -0.3 is 10.2 Å². The predicted molar refractivity (Wildman–Crippen MR) is 97.6 cm³/mol. The Labute approximate surface area is 150 Å². The first kappa shape index (κ1) is 17.7. The number of nitrogens with zero attached hydrogens (tertiary/aromatic N) is 4. The molecule has 0 saturated carbocycles. The van der Waals surface area contributed by atoms with Gasteiger partial charge in [0.25, 0.3) is 0 Å². The molecule has 3 aromatic rings. The fraction of sp³-hybridized carbons (Fsp3) is 0.211. The van der Waals surface area contributed by atoms with E-state index in [-0.39, 0.29) is 11.6 Å². The highest BCUT2D eigenvalue weighted by molar-refractivity contribution is 5.57. The van der Waals surface area contributed by atoms with Gasteiger partial charge in [0, 0.05) is 37.7 Å². The van der Waals surface area contributed by atoms with Gasteiger partial charge in [0.2, 0.25) is 5.95 Å². The van der Waals surface area contributed by atoms with Gasteiger partial charge in [-0.25, -0.2) is 13.8 Å². The van der Waals surface area contributed by atoms with E-state index < -0.39 is 11.6 Å². The van der Waals surface area contributed by atoms with Crippen LogP contribution in [0.1, 0.15) is 11.3 Å². The number of anilines is 3. The molecule has 0 bridgehead atoms. The summed E-state index contributed by atoms with van der Waals surface area (Å²) in [7, 11) is 1.91. The molecule has 0 unspecified atom stereocenters. The molecule has 2 aromatic heterocycles. The van der Waals surface area contributed by atoms with Crippen LogP contribution in [0.5, 0.6) is 0 Å². The Bertz CT molecular complexity index is 866. The van der Waals surface area contributed by atoms with Crippen molar-refractivity contribution < 1.29 is 8.78 Å². The molecule has 7 heteroatoms. The van der Waals surface area contributed by atoms with Gasteiger partial charge in [-0.15, -0.1) is 0 Å². The zero-order valence-corrected chi connectivity index (χ0v) is 14.6. The van der Waals surface area contributed by atoms with Crippen molar-refractivity contribution >= 4 is 17.5 Å². The van der Waals surface area contributed by atoms with Crippen LogP contribution in [0.4, 0.5) is 26.2 Å². The molecule has 2 heterocycles. The Kier molecular flexibility index (Phi) is 5.36. The quantitative estimate of drug-likeness (QED) is 0.727. The molecule has 26 heavy (non-hydrogen) atoms. The molecule has 0 saturated heterocycles. The third-order valence-corrected chi connectivity index (χ3v) is 3.92. The molecule has 0 aliphatic carbocycles. The zero-order valence-electron chi connectivity index (χ0n) is 14.6. The summed E-state index contributed by atoms with van der Waals surface area (Å²) in [5.41, 5.74) is 1.61. The first-order valence-corrected chi connectivity index (χ1v) is 8.19. The average molecular weight is 355 g/mol. The minimum absolute atomic E-state index is 0.153. The minimum atomic E-state index is -0.692. The smallest absolute Gasteiger partial charge is 0.229 e. The Morgan fingerprint density at radius 3 is 2.42 bits per heavy atom. The normalized spacial score (nSPS) is 10.6. The summed E-state index contributed by atoms with van der Waals surface area (Å²) in [6.07, 6.45) is 4.34. The largest absolute Gasteiger partial charge is 0.359 e. The molecule has 0 atom stereocenters. The van der Waals surface area contributed by atoms with Crippen molar-refractivity contribution in [3.8, 4) is 0 Å². The summed E-state index contributed by atoms with van der Waals surface area (Å²) in [6.45, 7) is 2.54. The molecular weight excluding hydrogens is 336 g/mol. The summed E-state index contributed by atoms with van der Waals surface area (Å²) in [5.74, 6) is -0.559. The van der Waals surface area contributed by atoms with Gasteiger partial charge in [0.15, 0.2) is 0 Å². The standard InChI is InChI=1S/C19H19F2N5/c1-13-12-17(26(2)11-8-14-6-9-22-10-7-14)24-19(23-13)25-18-15(20)4-3-5-16(18)21/h3-7,9-10,12H,8,11H2,1-2H3,(H,23,24,25). The lowest BCUT2D eigenvalue weighted by Gasteiger charge is -2.19. The molecule has 0 fully saturated rings. The Balaban J connectivity index is 1.76. The SMILES string of the molecule is Cc1cc(N(C)CCc2ccncc2)nc(Nc2c(F)cccc2F)n1. The van der Waals surface area contributed by atoms with Crippen LogP contribution in [0.15, 0.2) is 48.8 Å². The molecule has 1 N–H and O–H groups in total. The van der Waals surface area contributed by atoms with Gasteiger partial charge >= 0.3 is 0 Å². The van der Waals surface area contributed by atoms with Crippen molar-refractivity contribution in [1.82, 2.24) is 15.0 Å². The van der Waals surface area contributed by atoms with Crippen molar-refractivity contribution in [1.29, 1.82) is 0 Å². The maximum absolute atomic E-state index is 13.8. The van der Waals surface area contributed by atoms with E-state index in [0.717, 1.165) is 13.0 Å². The van der Waals surface area contributed by atoms with Crippen molar-refractivity contribution in [2.24, 2.45) is 0 Å².